The molecule has 1 aliphatic heterocycles. The van der Waals surface area contributed by atoms with E-state index in [0.717, 1.165) is 18.2 Å². The fraction of sp³-hybridized carbons (Fsp3) is 0.381. The lowest BCUT2D eigenvalue weighted by Crippen LogP contribution is -2.46. The molecular formula is C21H24F4N6O4S. The number of nitrogens with one attached hydrogen (secondary N) is 3. The van der Waals surface area contributed by atoms with E-state index in [-0.39, 0.29) is 34.8 Å². The second kappa shape index (κ2) is 10.7. The van der Waals surface area contributed by atoms with Gasteiger partial charge in [-0.1, -0.05) is 6.58 Å². The number of aliphatic hydroxyl groups is 1. The van der Waals surface area contributed by atoms with Crippen molar-refractivity contribution in [3.63, 3.8) is 0 Å². The molecule has 4 N–H and O–H groups in total. The first kappa shape index (κ1) is 27.1. The fourth-order valence-corrected chi connectivity index (χ4v) is 4.06. The van der Waals surface area contributed by atoms with Crippen molar-refractivity contribution in [3.8, 4) is 0 Å². The van der Waals surface area contributed by atoms with Crippen LogP contribution in [0.3, 0.4) is 0 Å². The van der Waals surface area contributed by atoms with E-state index in [4.69, 9.17) is 5.11 Å². The van der Waals surface area contributed by atoms with Crippen molar-refractivity contribution in [1.29, 1.82) is 0 Å². The molecule has 1 fully saturated rings. The number of carbonyl (C=O) groups is 1. The highest BCUT2D eigenvalue weighted by Crippen LogP contribution is 2.37. The van der Waals surface area contributed by atoms with Crippen molar-refractivity contribution in [2.45, 2.75) is 32.0 Å². The van der Waals surface area contributed by atoms with Gasteiger partial charge in [0, 0.05) is 31.4 Å². The summed E-state index contributed by atoms with van der Waals surface area (Å²) in [6.45, 7) is 4.48. The zero-order valence-electron chi connectivity index (χ0n) is 19.1. The Morgan fingerprint density at radius 2 is 2.03 bits per heavy atom. The molecule has 1 atom stereocenters. The zero-order valence-corrected chi connectivity index (χ0v) is 19.9. The summed E-state index contributed by atoms with van der Waals surface area (Å²) in [6.07, 6.45) is -3.14. The largest absolute Gasteiger partial charge is 0.421 e. The number of aromatic nitrogens is 2. The van der Waals surface area contributed by atoms with Gasteiger partial charge < -0.3 is 20.6 Å². The summed E-state index contributed by atoms with van der Waals surface area (Å²) in [5.74, 6) is -2.19. The molecule has 0 spiro atoms. The highest BCUT2D eigenvalue weighted by Gasteiger charge is 2.36. The number of likely N-dealkylation sites (tertiary alicyclic amines) is 1. The molecule has 1 saturated heterocycles. The van der Waals surface area contributed by atoms with E-state index in [2.05, 4.69) is 31.9 Å². The van der Waals surface area contributed by atoms with Crippen LogP contribution in [0.2, 0.25) is 0 Å². The van der Waals surface area contributed by atoms with Crippen molar-refractivity contribution < 1.29 is 35.9 Å². The van der Waals surface area contributed by atoms with Crippen LogP contribution in [-0.4, -0.2) is 60.0 Å². The van der Waals surface area contributed by atoms with Crippen LogP contribution in [0.15, 0.2) is 35.9 Å². The molecule has 1 aromatic carbocycles. The zero-order chi connectivity index (χ0) is 26.7. The quantitative estimate of drug-likeness (QED) is 0.381. The van der Waals surface area contributed by atoms with Gasteiger partial charge in [-0.05, 0) is 31.9 Å². The number of nitrogens with zero attached hydrogens (tertiary/aromatic N) is 3. The number of rotatable bonds is 8. The number of carbonyl (C=O) groups excluding carboxylic acids is 1. The van der Waals surface area contributed by atoms with E-state index in [9.17, 15) is 30.8 Å². The molecule has 0 saturated carbocycles. The van der Waals surface area contributed by atoms with Crippen molar-refractivity contribution in [2.75, 3.05) is 35.1 Å². The molecule has 0 aliphatic carbocycles. The topological polar surface area (TPSA) is 137 Å². The van der Waals surface area contributed by atoms with Gasteiger partial charge in [0.2, 0.25) is 11.9 Å². The molecule has 1 amide bonds. The van der Waals surface area contributed by atoms with Gasteiger partial charge in [0.15, 0.2) is 0 Å². The monoisotopic (exact) mass is 532 g/mol. The number of sulfonamides is 1. The summed E-state index contributed by atoms with van der Waals surface area (Å²) in [4.78, 5) is 20.6. The first-order chi connectivity index (χ1) is 16.8. The fourth-order valence-electron chi connectivity index (χ4n) is 3.43. The van der Waals surface area contributed by atoms with Crippen LogP contribution < -0.4 is 15.4 Å². The molecule has 1 aromatic heterocycles. The predicted octanol–water partition coefficient (Wildman–Crippen LogP) is 3.05. The third-order valence-corrected chi connectivity index (χ3v) is 6.68. The van der Waals surface area contributed by atoms with Crippen LogP contribution in [-0.2, 0) is 21.0 Å². The highest BCUT2D eigenvalue weighted by molar-refractivity contribution is 7.96. The Bertz CT molecular complexity index is 1260. The molecule has 2 aromatic rings. The van der Waals surface area contributed by atoms with Gasteiger partial charge in [-0.2, -0.15) is 18.2 Å². The molecule has 1 unspecified atom stereocenters. The number of benzene rings is 1. The minimum absolute atomic E-state index is 0.181. The van der Waals surface area contributed by atoms with E-state index in [1.54, 1.807) is 0 Å². The number of hydrogen-bond donors (Lipinski definition) is 4. The lowest BCUT2D eigenvalue weighted by atomic mass is 10.1. The predicted molar refractivity (Wildman–Crippen MR) is 124 cm³/mol. The number of alkyl halides is 3. The average molecular weight is 533 g/mol. The maximum atomic E-state index is 13.8. The molecular weight excluding hydrogens is 508 g/mol. The molecule has 0 radical (unpaired) electrons. The SMILES string of the molecule is C=C(C)S(=O)(=O)Nc1cc(F)ccc1Nc1nc(NC2CCCN(C(=O)CO)C2)ncc1C(F)(F)F. The molecule has 1 aliphatic rings. The highest BCUT2D eigenvalue weighted by atomic mass is 32.2. The third-order valence-electron chi connectivity index (χ3n) is 5.27. The molecule has 196 valence electrons. The number of allylic oxidation sites excluding steroid dienone is 1. The van der Waals surface area contributed by atoms with Gasteiger partial charge in [-0.3, -0.25) is 9.52 Å². The molecule has 36 heavy (non-hydrogen) atoms. The maximum absolute atomic E-state index is 13.8. The smallest absolute Gasteiger partial charge is 0.387 e. The van der Waals surface area contributed by atoms with Gasteiger partial charge >= 0.3 is 6.18 Å². The van der Waals surface area contributed by atoms with Crippen LogP contribution in [0.4, 0.5) is 40.7 Å². The average Bonchev–Trinajstić information content (AvgIpc) is 2.79. The number of piperidine rings is 1. The van der Waals surface area contributed by atoms with Gasteiger partial charge in [-0.15, -0.1) is 0 Å². The molecule has 3 rings (SSSR count). The Hall–Kier alpha value is -3.46. The Morgan fingerprint density at radius 1 is 1.31 bits per heavy atom. The van der Waals surface area contributed by atoms with Gasteiger partial charge in [0.05, 0.1) is 16.3 Å². The maximum Gasteiger partial charge on any atom is 0.421 e. The summed E-state index contributed by atoms with van der Waals surface area (Å²) >= 11 is 0. The van der Waals surface area contributed by atoms with Crippen LogP contribution in [0, 0.1) is 5.82 Å². The summed E-state index contributed by atoms with van der Waals surface area (Å²) in [6, 6.07) is 2.40. The Balaban J connectivity index is 1.93. The van der Waals surface area contributed by atoms with Crippen molar-refractivity contribution >= 4 is 39.1 Å². The number of amides is 1. The lowest BCUT2D eigenvalue weighted by Gasteiger charge is -2.32. The Kier molecular flexibility index (Phi) is 8.03. The first-order valence-electron chi connectivity index (χ1n) is 10.6. The van der Waals surface area contributed by atoms with E-state index < -0.39 is 45.9 Å². The normalized spacial score (nSPS) is 16.4. The lowest BCUT2D eigenvalue weighted by molar-refractivity contribution is -0.137. The van der Waals surface area contributed by atoms with Gasteiger partial charge in [-0.25, -0.2) is 17.8 Å². The summed E-state index contributed by atoms with van der Waals surface area (Å²) < 4.78 is 81.3. The van der Waals surface area contributed by atoms with E-state index in [1.807, 2.05) is 0 Å². The Labute approximate surface area is 204 Å². The van der Waals surface area contributed by atoms with Crippen molar-refractivity contribution in [1.82, 2.24) is 14.9 Å². The van der Waals surface area contributed by atoms with Gasteiger partial charge in [0.1, 0.15) is 23.8 Å². The summed E-state index contributed by atoms with van der Waals surface area (Å²) in [7, 11) is -4.13. The number of halogens is 4. The van der Waals surface area contributed by atoms with Crippen LogP contribution in [0.5, 0.6) is 0 Å². The second-order valence-corrected chi connectivity index (χ2v) is 9.97. The van der Waals surface area contributed by atoms with E-state index >= 15 is 0 Å². The standard InChI is InChI=1S/C21H24F4N6O4S/c1-12(2)36(34,35)30-17-8-13(22)5-6-16(17)28-19-15(21(23,24)25)9-26-20(29-19)27-14-4-3-7-31(10-14)18(33)11-32/h5-6,8-9,14,30,32H,1,3-4,7,10-11H2,2H3,(H2,26,27,28,29). The summed E-state index contributed by atoms with van der Waals surface area (Å²) in [5.41, 5.74) is -1.80. The molecule has 10 nitrogen and oxygen atoms in total. The van der Waals surface area contributed by atoms with Crippen LogP contribution >= 0.6 is 0 Å². The summed E-state index contributed by atoms with van der Waals surface area (Å²) in [5, 5.41) is 14.4. The second-order valence-electron chi connectivity index (χ2n) is 8.06. The number of anilines is 4. The minimum Gasteiger partial charge on any atom is -0.387 e. The molecule has 15 heteroatoms. The third kappa shape index (κ3) is 6.60. The Morgan fingerprint density at radius 3 is 2.67 bits per heavy atom. The van der Waals surface area contributed by atoms with E-state index in [1.165, 1.54) is 11.8 Å². The van der Waals surface area contributed by atoms with E-state index in [0.29, 0.717) is 25.6 Å². The van der Waals surface area contributed by atoms with Crippen molar-refractivity contribution in [2.24, 2.45) is 0 Å². The number of hydrogen-bond acceptors (Lipinski definition) is 8. The molecule has 0 bridgehead atoms. The molecule has 2 heterocycles. The van der Waals surface area contributed by atoms with Crippen LogP contribution in [0.25, 0.3) is 0 Å². The minimum atomic E-state index is -4.87. The van der Waals surface area contributed by atoms with Crippen LogP contribution in [0.1, 0.15) is 25.3 Å². The van der Waals surface area contributed by atoms with Gasteiger partial charge in [0.25, 0.3) is 10.0 Å². The number of aliphatic hydroxyl groups excluding tert-OH is 1. The van der Waals surface area contributed by atoms with Crippen molar-refractivity contribution in [3.05, 3.63) is 47.3 Å². The first-order valence-corrected chi connectivity index (χ1v) is 12.1.